The first-order chi connectivity index (χ1) is 9.84. The minimum atomic E-state index is 0.623. The second-order valence-corrected chi connectivity index (χ2v) is 4.74. The molecule has 3 aromatic rings. The van der Waals surface area contributed by atoms with Gasteiger partial charge in [0.2, 0.25) is 0 Å². The second-order valence-electron chi connectivity index (χ2n) is 4.35. The number of hydrogen-bond donors (Lipinski definition) is 1. The number of hydrogen-bond acceptors (Lipinski definition) is 4. The average molecular weight is 283 g/mol. The monoisotopic (exact) mass is 283 g/mol. The largest absolute Gasteiger partial charge is 0.300 e. The van der Waals surface area contributed by atoms with Gasteiger partial charge in [0, 0.05) is 36.9 Å². The molecule has 0 atom stereocenters. The Bertz CT molecular complexity index is 733. The molecule has 3 rings (SSSR count). The molecular formula is C14H13N5S. The van der Waals surface area contributed by atoms with Crippen LogP contribution in [0.1, 0.15) is 5.56 Å². The van der Waals surface area contributed by atoms with Crippen molar-refractivity contribution in [3.05, 3.63) is 59.4 Å². The summed E-state index contributed by atoms with van der Waals surface area (Å²) in [5.41, 5.74) is 2.18. The lowest BCUT2D eigenvalue weighted by molar-refractivity contribution is 0.691. The number of aryl methyl sites for hydroxylation is 1. The molecule has 6 heteroatoms. The summed E-state index contributed by atoms with van der Waals surface area (Å²) in [6.07, 6.45) is 8.00. The molecule has 0 aliphatic rings. The van der Waals surface area contributed by atoms with E-state index in [0.717, 1.165) is 24.4 Å². The van der Waals surface area contributed by atoms with Gasteiger partial charge in [0.15, 0.2) is 10.6 Å². The van der Waals surface area contributed by atoms with E-state index in [0.29, 0.717) is 4.77 Å². The van der Waals surface area contributed by atoms with Crippen molar-refractivity contribution in [1.29, 1.82) is 0 Å². The van der Waals surface area contributed by atoms with Gasteiger partial charge in [-0.25, -0.2) is 0 Å². The molecule has 0 unspecified atom stereocenters. The zero-order valence-electron chi connectivity index (χ0n) is 10.7. The summed E-state index contributed by atoms with van der Waals surface area (Å²) in [6, 6.07) is 7.88. The third-order valence-electron chi connectivity index (χ3n) is 3.05. The van der Waals surface area contributed by atoms with Crippen molar-refractivity contribution in [2.24, 2.45) is 0 Å². The van der Waals surface area contributed by atoms with Crippen LogP contribution in [0.2, 0.25) is 0 Å². The van der Waals surface area contributed by atoms with Gasteiger partial charge in [-0.3, -0.25) is 19.6 Å². The van der Waals surface area contributed by atoms with Gasteiger partial charge in [-0.1, -0.05) is 0 Å². The predicted molar refractivity (Wildman–Crippen MR) is 78.6 cm³/mol. The normalized spacial score (nSPS) is 10.6. The molecule has 5 nitrogen and oxygen atoms in total. The Morgan fingerprint density at radius 3 is 2.70 bits per heavy atom. The fraction of sp³-hybridized carbons (Fsp3) is 0.143. The summed E-state index contributed by atoms with van der Waals surface area (Å²) in [7, 11) is 0. The number of H-pyrrole nitrogens is 1. The smallest absolute Gasteiger partial charge is 0.195 e. The van der Waals surface area contributed by atoms with Crippen molar-refractivity contribution in [2.75, 3.05) is 0 Å². The predicted octanol–water partition coefficient (Wildman–Crippen LogP) is 2.64. The quantitative estimate of drug-likeness (QED) is 0.748. The summed E-state index contributed by atoms with van der Waals surface area (Å²) in [5.74, 6) is 0.817. The van der Waals surface area contributed by atoms with E-state index in [1.165, 1.54) is 5.56 Å². The Morgan fingerprint density at radius 1 is 1.10 bits per heavy atom. The summed E-state index contributed by atoms with van der Waals surface area (Å²) in [6.45, 7) is 0.767. The van der Waals surface area contributed by atoms with Crippen LogP contribution < -0.4 is 0 Å². The van der Waals surface area contributed by atoms with Gasteiger partial charge >= 0.3 is 0 Å². The Balaban J connectivity index is 1.87. The molecule has 3 heterocycles. The fourth-order valence-electron chi connectivity index (χ4n) is 2.03. The summed E-state index contributed by atoms with van der Waals surface area (Å²) < 4.78 is 2.62. The lowest BCUT2D eigenvalue weighted by Crippen LogP contribution is -2.04. The molecule has 0 aromatic carbocycles. The van der Waals surface area contributed by atoms with E-state index >= 15 is 0 Å². The molecule has 0 bridgehead atoms. The van der Waals surface area contributed by atoms with E-state index in [2.05, 4.69) is 20.2 Å². The summed E-state index contributed by atoms with van der Waals surface area (Å²) in [5, 5.41) is 7.14. The molecule has 0 radical (unpaired) electrons. The van der Waals surface area contributed by atoms with Gasteiger partial charge in [0.05, 0.1) is 0 Å². The van der Waals surface area contributed by atoms with Crippen LogP contribution in [0.4, 0.5) is 0 Å². The van der Waals surface area contributed by atoms with Crippen molar-refractivity contribution in [1.82, 2.24) is 24.7 Å². The van der Waals surface area contributed by atoms with Gasteiger partial charge in [-0.15, -0.1) is 0 Å². The number of pyridine rings is 2. The highest BCUT2D eigenvalue weighted by atomic mass is 32.1. The van der Waals surface area contributed by atoms with Crippen LogP contribution in [0, 0.1) is 4.77 Å². The number of rotatable bonds is 4. The summed E-state index contributed by atoms with van der Waals surface area (Å²) in [4.78, 5) is 8.14. The van der Waals surface area contributed by atoms with E-state index in [4.69, 9.17) is 12.2 Å². The molecule has 0 amide bonds. The molecule has 0 aliphatic heterocycles. The Hall–Kier alpha value is -2.34. The van der Waals surface area contributed by atoms with Crippen LogP contribution in [0.15, 0.2) is 49.1 Å². The first kappa shape index (κ1) is 12.7. The van der Waals surface area contributed by atoms with Gasteiger partial charge in [-0.2, -0.15) is 5.10 Å². The highest BCUT2D eigenvalue weighted by Gasteiger charge is 2.08. The highest BCUT2D eigenvalue weighted by Crippen LogP contribution is 2.16. The fourth-order valence-corrected chi connectivity index (χ4v) is 2.25. The van der Waals surface area contributed by atoms with E-state index in [1.807, 2.05) is 28.8 Å². The van der Waals surface area contributed by atoms with Gasteiger partial charge < -0.3 is 0 Å². The van der Waals surface area contributed by atoms with Crippen LogP contribution in [-0.2, 0) is 13.0 Å². The van der Waals surface area contributed by atoms with E-state index < -0.39 is 0 Å². The highest BCUT2D eigenvalue weighted by molar-refractivity contribution is 7.71. The van der Waals surface area contributed by atoms with Crippen LogP contribution in [0.5, 0.6) is 0 Å². The van der Waals surface area contributed by atoms with Crippen LogP contribution >= 0.6 is 12.2 Å². The molecule has 3 aromatic heterocycles. The molecule has 0 spiro atoms. The number of nitrogens with one attached hydrogen (secondary N) is 1. The SMILES string of the molecule is S=c1[nH]nc(-c2cccnc2)n1CCc1ccncc1. The average Bonchev–Trinajstić information content (AvgIpc) is 2.88. The maximum Gasteiger partial charge on any atom is 0.195 e. The maximum absolute atomic E-state index is 5.30. The van der Waals surface area contributed by atoms with Crippen molar-refractivity contribution < 1.29 is 0 Å². The van der Waals surface area contributed by atoms with E-state index in [9.17, 15) is 0 Å². The third-order valence-corrected chi connectivity index (χ3v) is 3.36. The maximum atomic E-state index is 5.30. The lowest BCUT2D eigenvalue weighted by atomic mass is 10.2. The molecule has 1 N–H and O–H groups in total. The first-order valence-corrected chi connectivity index (χ1v) is 6.70. The van der Waals surface area contributed by atoms with Crippen LogP contribution in [0.3, 0.4) is 0 Å². The molecule has 20 heavy (non-hydrogen) atoms. The zero-order valence-corrected chi connectivity index (χ0v) is 11.5. The van der Waals surface area contributed by atoms with E-state index in [-0.39, 0.29) is 0 Å². The molecular weight excluding hydrogens is 270 g/mol. The lowest BCUT2D eigenvalue weighted by Gasteiger charge is -2.06. The number of nitrogens with zero attached hydrogens (tertiary/aromatic N) is 4. The van der Waals surface area contributed by atoms with Gasteiger partial charge in [0.25, 0.3) is 0 Å². The van der Waals surface area contributed by atoms with Crippen molar-refractivity contribution in [3.63, 3.8) is 0 Å². The van der Waals surface area contributed by atoms with Gasteiger partial charge in [0.1, 0.15) is 0 Å². The summed E-state index contributed by atoms with van der Waals surface area (Å²) >= 11 is 5.30. The Labute approximate surface area is 121 Å². The second kappa shape index (κ2) is 5.75. The van der Waals surface area contributed by atoms with E-state index in [1.54, 1.807) is 24.8 Å². The Kier molecular flexibility index (Phi) is 3.64. The van der Waals surface area contributed by atoms with Crippen molar-refractivity contribution in [2.45, 2.75) is 13.0 Å². The first-order valence-electron chi connectivity index (χ1n) is 6.29. The third kappa shape index (κ3) is 2.65. The molecule has 0 aliphatic carbocycles. The standard InChI is InChI=1S/C14H13N5S/c20-14-18-17-13(12-2-1-6-16-10-12)19(14)9-5-11-3-7-15-8-4-11/h1-4,6-8,10H,5,9H2,(H,18,20). The van der Waals surface area contributed by atoms with Crippen LogP contribution in [0.25, 0.3) is 11.4 Å². The Morgan fingerprint density at radius 2 is 1.95 bits per heavy atom. The molecule has 0 fully saturated rings. The molecule has 0 saturated carbocycles. The van der Waals surface area contributed by atoms with Crippen molar-refractivity contribution >= 4 is 12.2 Å². The number of aromatic amines is 1. The van der Waals surface area contributed by atoms with Crippen LogP contribution in [-0.4, -0.2) is 24.7 Å². The minimum absolute atomic E-state index is 0.623. The molecule has 0 saturated heterocycles. The zero-order chi connectivity index (χ0) is 13.8. The topological polar surface area (TPSA) is 59.4 Å². The van der Waals surface area contributed by atoms with Crippen molar-refractivity contribution in [3.8, 4) is 11.4 Å². The minimum Gasteiger partial charge on any atom is -0.300 e. The number of aromatic nitrogens is 5. The molecule has 100 valence electrons. The van der Waals surface area contributed by atoms with Gasteiger partial charge in [-0.05, 0) is 48.5 Å².